The fourth-order valence-corrected chi connectivity index (χ4v) is 4.50. The van der Waals surface area contributed by atoms with E-state index in [0.29, 0.717) is 31.0 Å². The van der Waals surface area contributed by atoms with E-state index in [2.05, 4.69) is 15.4 Å². The molecule has 4 rings (SSSR count). The summed E-state index contributed by atoms with van der Waals surface area (Å²) in [5.41, 5.74) is 12.0. The Kier molecular flexibility index (Phi) is 6.07. The molecule has 1 aromatic carbocycles. The van der Waals surface area contributed by atoms with Gasteiger partial charge in [0.05, 0.1) is 6.20 Å². The molecule has 0 unspecified atom stereocenters. The molecule has 1 amide bonds. The molecule has 170 valence electrons. The predicted octanol–water partition coefficient (Wildman–Crippen LogP) is 2.92. The molecule has 3 heterocycles. The normalized spacial score (nSPS) is 19.1. The number of hydrogen-bond donors (Lipinski definition) is 3. The van der Waals surface area contributed by atoms with Gasteiger partial charge in [0, 0.05) is 31.7 Å². The first-order valence-electron chi connectivity index (χ1n) is 9.94. The molecular weight excluding hydrogens is 443 g/mol. The highest BCUT2D eigenvalue weighted by atomic mass is 32.1. The molecular formula is C20H22F3N7OS. The zero-order chi connectivity index (χ0) is 23.0. The number of carbonyl (C=O) groups is 1. The lowest BCUT2D eigenvalue weighted by atomic mass is 10.1. The Morgan fingerprint density at radius 2 is 2.03 bits per heavy atom. The van der Waals surface area contributed by atoms with E-state index in [-0.39, 0.29) is 27.7 Å². The third kappa shape index (κ3) is 4.28. The second-order valence-electron chi connectivity index (χ2n) is 7.56. The number of thiazole rings is 1. The number of alkyl halides is 1. The Bertz CT molecular complexity index is 1140. The van der Waals surface area contributed by atoms with Gasteiger partial charge < -0.3 is 21.7 Å². The van der Waals surface area contributed by atoms with E-state index in [4.69, 9.17) is 11.5 Å². The number of benzene rings is 1. The van der Waals surface area contributed by atoms with Gasteiger partial charge >= 0.3 is 0 Å². The fourth-order valence-electron chi connectivity index (χ4n) is 3.65. The topological polar surface area (TPSA) is 115 Å². The lowest BCUT2D eigenvalue weighted by Gasteiger charge is -2.24. The minimum atomic E-state index is -1.09. The van der Waals surface area contributed by atoms with Crippen molar-refractivity contribution < 1.29 is 18.0 Å². The van der Waals surface area contributed by atoms with Gasteiger partial charge in [-0.2, -0.15) is 5.10 Å². The van der Waals surface area contributed by atoms with E-state index in [1.165, 1.54) is 6.20 Å². The zero-order valence-electron chi connectivity index (χ0n) is 17.2. The number of carbonyl (C=O) groups excluding carboxylic acids is 1. The maximum Gasteiger partial charge on any atom is 0.277 e. The lowest BCUT2D eigenvalue weighted by molar-refractivity contribution is 0.102. The van der Waals surface area contributed by atoms with Gasteiger partial charge in [0.1, 0.15) is 33.5 Å². The number of hydrogen-bond acceptors (Lipinski definition) is 7. The van der Waals surface area contributed by atoms with Crippen LogP contribution in [-0.2, 0) is 7.05 Å². The summed E-state index contributed by atoms with van der Waals surface area (Å²) >= 11 is 0.882. The molecule has 2 aromatic heterocycles. The van der Waals surface area contributed by atoms with Gasteiger partial charge in [-0.15, -0.1) is 0 Å². The summed E-state index contributed by atoms with van der Waals surface area (Å²) in [6.07, 6.45) is 1.10. The zero-order valence-corrected chi connectivity index (χ0v) is 18.0. The van der Waals surface area contributed by atoms with Gasteiger partial charge in [-0.25, -0.2) is 18.2 Å². The number of amides is 1. The van der Waals surface area contributed by atoms with E-state index >= 15 is 0 Å². The average molecular weight is 466 g/mol. The Morgan fingerprint density at radius 1 is 1.28 bits per heavy atom. The van der Waals surface area contributed by atoms with Crippen LogP contribution >= 0.6 is 11.3 Å². The summed E-state index contributed by atoms with van der Waals surface area (Å²) in [6.45, 7) is 0.922. The van der Waals surface area contributed by atoms with Crippen LogP contribution in [-0.4, -0.2) is 46.0 Å². The quantitative estimate of drug-likeness (QED) is 0.546. The van der Waals surface area contributed by atoms with Crippen molar-refractivity contribution in [2.75, 3.05) is 29.0 Å². The third-order valence-corrected chi connectivity index (χ3v) is 6.27. The van der Waals surface area contributed by atoms with Crippen molar-refractivity contribution in [2.45, 2.75) is 25.1 Å². The summed E-state index contributed by atoms with van der Waals surface area (Å²) < 4.78 is 43.2. The molecule has 1 saturated heterocycles. The van der Waals surface area contributed by atoms with Gasteiger partial charge in [0.2, 0.25) is 0 Å². The second kappa shape index (κ2) is 8.79. The van der Waals surface area contributed by atoms with Crippen LogP contribution in [0.25, 0.3) is 10.6 Å². The summed E-state index contributed by atoms with van der Waals surface area (Å²) in [5, 5.41) is 7.08. The van der Waals surface area contributed by atoms with E-state index in [9.17, 15) is 18.0 Å². The number of aromatic nitrogens is 3. The molecule has 0 bridgehead atoms. The predicted molar refractivity (Wildman–Crippen MR) is 117 cm³/mol. The van der Waals surface area contributed by atoms with Crippen molar-refractivity contribution in [3.8, 4) is 10.6 Å². The molecule has 1 aliphatic heterocycles. The minimum Gasteiger partial charge on any atom is -0.389 e. The van der Waals surface area contributed by atoms with Crippen molar-refractivity contribution in [1.29, 1.82) is 0 Å². The molecule has 32 heavy (non-hydrogen) atoms. The maximum atomic E-state index is 14.1. The van der Waals surface area contributed by atoms with Crippen molar-refractivity contribution in [3.05, 3.63) is 41.7 Å². The standard InChI is InChI=1S/C20H22F3N7OS/c1-29-20(30-6-4-13(23)14(24)5-7-30)15(9-26-29)27-18(31)16-17(25)32-19(28-16)11-8-10(21)2-3-12(11)22/h2-3,8-9,13-14H,4-7,24-25H2,1H3,(H,27,31)/t13-,14-/m0/s1. The third-order valence-electron chi connectivity index (χ3n) is 5.35. The molecule has 1 aliphatic rings. The molecule has 1 fully saturated rings. The van der Waals surface area contributed by atoms with E-state index in [1.807, 2.05) is 4.90 Å². The van der Waals surface area contributed by atoms with E-state index in [1.54, 1.807) is 11.7 Å². The molecule has 0 saturated carbocycles. The minimum absolute atomic E-state index is 0.0626. The van der Waals surface area contributed by atoms with Crippen molar-refractivity contribution in [1.82, 2.24) is 14.8 Å². The Labute approximate surface area is 186 Å². The molecule has 8 nitrogen and oxygen atoms in total. The van der Waals surface area contributed by atoms with E-state index in [0.717, 1.165) is 29.5 Å². The van der Waals surface area contributed by atoms with Crippen LogP contribution in [0.4, 0.5) is 29.7 Å². The van der Waals surface area contributed by atoms with Crippen LogP contribution in [0.2, 0.25) is 0 Å². The Balaban J connectivity index is 1.58. The first-order valence-corrected chi connectivity index (χ1v) is 10.8. The first-order chi connectivity index (χ1) is 15.2. The van der Waals surface area contributed by atoms with Crippen LogP contribution in [0.15, 0.2) is 24.4 Å². The molecule has 2 atom stereocenters. The molecule has 12 heteroatoms. The molecule has 3 aromatic rings. The first kappa shape index (κ1) is 22.1. The number of rotatable bonds is 4. The number of nitrogen functional groups attached to an aromatic ring is 1. The fraction of sp³-hybridized carbons (Fsp3) is 0.350. The summed E-state index contributed by atoms with van der Waals surface area (Å²) in [6, 6.07) is 2.44. The van der Waals surface area contributed by atoms with Crippen LogP contribution in [0, 0.1) is 11.6 Å². The van der Waals surface area contributed by atoms with Gasteiger partial charge in [-0.3, -0.25) is 9.48 Å². The molecule has 0 radical (unpaired) electrons. The Morgan fingerprint density at radius 3 is 2.81 bits per heavy atom. The highest BCUT2D eigenvalue weighted by molar-refractivity contribution is 7.19. The highest BCUT2D eigenvalue weighted by Crippen LogP contribution is 2.33. The molecule has 5 N–H and O–H groups in total. The SMILES string of the molecule is Cn1ncc(NC(=O)c2nc(-c3cc(F)ccc3F)sc2N)c1N1CC[C@H](N)[C@@H](F)CC1. The number of nitrogens with one attached hydrogen (secondary N) is 1. The number of halogens is 3. The average Bonchev–Trinajstić information content (AvgIpc) is 3.27. The molecule has 0 spiro atoms. The van der Waals surface area contributed by atoms with Crippen LogP contribution in [0.5, 0.6) is 0 Å². The van der Waals surface area contributed by atoms with Gasteiger partial charge in [0.25, 0.3) is 5.91 Å². The monoisotopic (exact) mass is 465 g/mol. The van der Waals surface area contributed by atoms with Crippen LogP contribution in [0.1, 0.15) is 23.3 Å². The number of nitrogens with two attached hydrogens (primary N) is 2. The van der Waals surface area contributed by atoms with Gasteiger partial charge in [-0.05, 0) is 31.0 Å². The van der Waals surface area contributed by atoms with Crippen molar-refractivity contribution >= 4 is 33.8 Å². The summed E-state index contributed by atoms with van der Waals surface area (Å²) in [4.78, 5) is 18.9. The van der Waals surface area contributed by atoms with Crippen LogP contribution in [0.3, 0.4) is 0 Å². The smallest absolute Gasteiger partial charge is 0.277 e. The number of aryl methyl sites for hydroxylation is 1. The van der Waals surface area contributed by atoms with Crippen molar-refractivity contribution in [2.24, 2.45) is 12.8 Å². The van der Waals surface area contributed by atoms with Gasteiger partial charge in [0.15, 0.2) is 11.5 Å². The largest absolute Gasteiger partial charge is 0.389 e. The summed E-state index contributed by atoms with van der Waals surface area (Å²) in [5.74, 6) is -1.32. The molecule has 0 aliphatic carbocycles. The highest BCUT2D eigenvalue weighted by Gasteiger charge is 2.27. The second-order valence-corrected chi connectivity index (χ2v) is 8.59. The van der Waals surface area contributed by atoms with E-state index < -0.39 is 29.8 Å². The maximum absolute atomic E-state index is 14.1. The van der Waals surface area contributed by atoms with Crippen LogP contribution < -0.4 is 21.7 Å². The lowest BCUT2D eigenvalue weighted by Crippen LogP contribution is -2.31. The summed E-state index contributed by atoms with van der Waals surface area (Å²) in [7, 11) is 1.71. The number of anilines is 3. The number of nitrogens with zero attached hydrogens (tertiary/aromatic N) is 4. The van der Waals surface area contributed by atoms with Crippen molar-refractivity contribution in [3.63, 3.8) is 0 Å². The Hall–Kier alpha value is -3.12. The van der Waals surface area contributed by atoms with Gasteiger partial charge in [-0.1, -0.05) is 11.3 Å².